The molecule has 0 fully saturated rings. The number of nitrogens with zero attached hydrogens (tertiary/aromatic N) is 1. The van der Waals surface area contributed by atoms with Crippen molar-refractivity contribution in [3.05, 3.63) is 36.0 Å². The van der Waals surface area contributed by atoms with Crippen molar-refractivity contribution in [3.8, 4) is 11.3 Å². The Morgan fingerprint density at radius 2 is 2.00 bits per heavy atom. The fourth-order valence-corrected chi connectivity index (χ4v) is 1.40. The number of aromatic carboxylic acids is 1. The van der Waals surface area contributed by atoms with Crippen molar-refractivity contribution in [2.75, 3.05) is 12.4 Å². The minimum absolute atomic E-state index is 0.160. The molecule has 0 saturated heterocycles. The van der Waals surface area contributed by atoms with Gasteiger partial charge in [-0.15, -0.1) is 0 Å². The third-order valence-corrected chi connectivity index (χ3v) is 2.33. The number of carboxylic acids is 1. The van der Waals surface area contributed by atoms with E-state index < -0.39 is 12.1 Å². The molecule has 1 heterocycles. The normalized spacial score (nSPS) is 9.95. The molecule has 7 heteroatoms. The van der Waals surface area contributed by atoms with Gasteiger partial charge < -0.3 is 14.4 Å². The van der Waals surface area contributed by atoms with Crippen LogP contribution in [0.15, 0.2) is 34.9 Å². The SMILES string of the molecule is COC(=O)Nc1ccc(-c2cc(C(=O)O)no2)cc1. The van der Waals surface area contributed by atoms with E-state index in [4.69, 9.17) is 9.63 Å². The number of nitrogens with one attached hydrogen (secondary N) is 1. The van der Waals surface area contributed by atoms with Gasteiger partial charge >= 0.3 is 12.1 Å². The number of hydrogen-bond acceptors (Lipinski definition) is 5. The van der Waals surface area contributed by atoms with Crippen LogP contribution in [0.1, 0.15) is 10.5 Å². The zero-order valence-corrected chi connectivity index (χ0v) is 9.91. The summed E-state index contributed by atoms with van der Waals surface area (Å²) in [4.78, 5) is 21.7. The molecule has 0 bridgehead atoms. The van der Waals surface area contributed by atoms with Gasteiger partial charge in [-0.1, -0.05) is 5.16 Å². The van der Waals surface area contributed by atoms with Crippen LogP contribution < -0.4 is 5.32 Å². The van der Waals surface area contributed by atoms with Crippen LogP contribution in [0.3, 0.4) is 0 Å². The quantitative estimate of drug-likeness (QED) is 0.879. The largest absolute Gasteiger partial charge is 0.476 e. The van der Waals surface area contributed by atoms with E-state index in [2.05, 4.69) is 15.2 Å². The predicted octanol–water partition coefficient (Wildman–Crippen LogP) is 2.22. The summed E-state index contributed by atoms with van der Waals surface area (Å²) in [5.41, 5.74) is 1.04. The third kappa shape index (κ3) is 2.89. The Balaban J connectivity index is 2.17. The summed E-state index contributed by atoms with van der Waals surface area (Å²) in [6, 6.07) is 7.92. The van der Waals surface area contributed by atoms with Crippen molar-refractivity contribution in [2.24, 2.45) is 0 Å². The first-order chi connectivity index (χ1) is 9.10. The van der Waals surface area contributed by atoms with E-state index in [1.807, 2.05) is 0 Å². The lowest BCUT2D eigenvalue weighted by molar-refractivity contribution is 0.0685. The van der Waals surface area contributed by atoms with E-state index in [0.29, 0.717) is 17.0 Å². The maximum atomic E-state index is 11.0. The van der Waals surface area contributed by atoms with Gasteiger partial charge in [0.15, 0.2) is 11.5 Å². The molecule has 0 aliphatic carbocycles. The van der Waals surface area contributed by atoms with Gasteiger partial charge in [-0.2, -0.15) is 0 Å². The number of carbonyl (C=O) groups excluding carboxylic acids is 1. The van der Waals surface area contributed by atoms with Crippen LogP contribution in [-0.2, 0) is 4.74 Å². The Morgan fingerprint density at radius 1 is 1.32 bits per heavy atom. The molecule has 0 saturated carbocycles. The lowest BCUT2D eigenvalue weighted by atomic mass is 10.1. The second-order valence-corrected chi connectivity index (χ2v) is 3.58. The van der Waals surface area contributed by atoms with E-state index in [-0.39, 0.29) is 5.69 Å². The van der Waals surface area contributed by atoms with Crippen LogP contribution in [0, 0.1) is 0 Å². The van der Waals surface area contributed by atoms with Crippen molar-refractivity contribution >= 4 is 17.7 Å². The van der Waals surface area contributed by atoms with Crippen molar-refractivity contribution in [2.45, 2.75) is 0 Å². The minimum Gasteiger partial charge on any atom is -0.476 e. The summed E-state index contributed by atoms with van der Waals surface area (Å²) in [6.07, 6.45) is -0.569. The number of hydrogen-bond donors (Lipinski definition) is 2. The van der Waals surface area contributed by atoms with Gasteiger partial charge in [0, 0.05) is 17.3 Å². The van der Waals surface area contributed by atoms with E-state index in [0.717, 1.165) is 0 Å². The molecule has 0 unspecified atom stereocenters. The number of carboxylic acid groups (broad SMARTS) is 1. The highest BCUT2D eigenvalue weighted by Gasteiger charge is 2.12. The number of aromatic nitrogens is 1. The minimum atomic E-state index is -1.15. The summed E-state index contributed by atoms with van der Waals surface area (Å²) in [5.74, 6) is -0.819. The molecule has 0 aliphatic heterocycles. The molecular formula is C12H10N2O5. The Morgan fingerprint density at radius 3 is 2.53 bits per heavy atom. The van der Waals surface area contributed by atoms with Crippen LogP contribution in [0.25, 0.3) is 11.3 Å². The van der Waals surface area contributed by atoms with E-state index in [1.165, 1.54) is 13.2 Å². The zero-order chi connectivity index (χ0) is 13.8. The molecule has 7 nitrogen and oxygen atoms in total. The molecule has 2 N–H and O–H groups in total. The average Bonchev–Trinajstić information content (AvgIpc) is 2.89. The summed E-state index contributed by atoms with van der Waals surface area (Å²) in [5, 5.41) is 14.6. The van der Waals surface area contributed by atoms with Crippen molar-refractivity contribution in [1.82, 2.24) is 5.16 Å². The van der Waals surface area contributed by atoms with E-state index >= 15 is 0 Å². The molecular weight excluding hydrogens is 252 g/mol. The highest BCUT2D eigenvalue weighted by atomic mass is 16.5. The number of amides is 1. The van der Waals surface area contributed by atoms with Gasteiger partial charge in [-0.3, -0.25) is 5.32 Å². The summed E-state index contributed by atoms with van der Waals surface area (Å²) >= 11 is 0. The first kappa shape index (κ1) is 12.6. The lowest BCUT2D eigenvalue weighted by Crippen LogP contribution is -2.10. The zero-order valence-electron chi connectivity index (χ0n) is 9.91. The molecule has 1 aromatic carbocycles. The van der Waals surface area contributed by atoms with Crippen LogP contribution in [0.2, 0.25) is 0 Å². The molecule has 0 radical (unpaired) electrons. The first-order valence-electron chi connectivity index (χ1n) is 5.25. The first-order valence-corrected chi connectivity index (χ1v) is 5.25. The Kier molecular flexibility index (Phi) is 3.46. The molecule has 1 amide bonds. The standard InChI is InChI=1S/C12H10N2O5/c1-18-12(17)13-8-4-2-7(3-5-8)10-6-9(11(15)16)14-19-10/h2-6H,1H3,(H,13,17)(H,15,16). The molecule has 2 aromatic rings. The van der Waals surface area contributed by atoms with Crippen LogP contribution in [0.4, 0.5) is 10.5 Å². The molecule has 98 valence electrons. The van der Waals surface area contributed by atoms with Crippen LogP contribution >= 0.6 is 0 Å². The van der Waals surface area contributed by atoms with E-state index in [9.17, 15) is 9.59 Å². The van der Waals surface area contributed by atoms with Gasteiger partial charge in [0.25, 0.3) is 0 Å². The molecule has 19 heavy (non-hydrogen) atoms. The number of rotatable bonds is 3. The number of carbonyl (C=O) groups is 2. The van der Waals surface area contributed by atoms with Crippen molar-refractivity contribution < 1.29 is 24.0 Å². The maximum absolute atomic E-state index is 11.0. The summed E-state index contributed by atoms with van der Waals surface area (Å²) in [6.45, 7) is 0. The topological polar surface area (TPSA) is 102 Å². The molecule has 0 aliphatic rings. The van der Waals surface area contributed by atoms with Gasteiger partial charge in [0.2, 0.25) is 0 Å². The van der Waals surface area contributed by atoms with Crippen molar-refractivity contribution in [3.63, 3.8) is 0 Å². The summed E-state index contributed by atoms with van der Waals surface area (Å²) < 4.78 is 9.37. The highest BCUT2D eigenvalue weighted by molar-refractivity contribution is 5.87. The molecule has 0 atom stereocenters. The van der Waals surface area contributed by atoms with Crippen molar-refractivity contribution in [1.29, 1.82) is 0 Å². The fraction of sp³-hybridized carbons (Fsp3) is 0.0833. The molecule has 2 rings (SSSR count). The average molecular weight is 262 g/mol. The lowest BCUT2D eigenvalue weighted by Gasteiger charge is -2.03. The number of methoxy groups -OCH3 is 1. The van der Waals surface area contributed by atoms with Gasteiger partial charge in [-0.05, 0) is 24.3 Å². The van der Waals surface area contributed by atoms with Gasteiger partial charge in [0.05, 0.1) is 7.11 Å². The Bertz CT molecular complexity index is 603. The van der Waals surface area contributed by atoms with Crippen LogP contribution in [0.5, 0.6) is 0 Å². The second kappa shape index (κ2) is 5.21. The van der Waals surface area contributed by atoms with Crippen LogP contribution in [-0.4, -0.2) is 29.4 Å². The maximum Gasteiger partial charge on any atom is 0.411 e. The third-order valence-electron chi connectivity index (χ3n) is 2.33. The summed E-state index contributed by atoms with van der Waals surface area (Å²) in [7, 11) is 1.27. The van der Waals surface area contributed by atoms with Gasteiger partial charge in [-0.25, -0.2) is 9.59 Å². The smallest absolute Gasteiger partial charge is 0.411 e. The second-order valence-electron chi connectivity index (χ2n) is 3.58. The highest BCUT2D eigenvalue weighted by Crippen LogP contribution is 2.22. The predicted molar refractivity (Wildman–Crippen MR) is 64.9 cm³/mol. The van der Waals surface area contributed by atoms with E-state index in [1.54, 1.807) is 24.3 Å². The molecule has 1 aromatic heterocycles. The fourth-order valence-electron chi connectivity index (χ4n) is 1.40. The Hall–Kier alpha value is -2.83. The van der Waals surface area contributed by atoms with Gasteiger partial charge in [0.1, 0.15) is 0 Å². The monoisotopic (exact) mass is 262 g/mol. The molecule has 0 spiro atoms. The number of ether oxygens (including phenoxy) is 1. The number of benzene rings is 1. The number of anilines is 1. The Labute approximate surface area is 107 Å².